The van der Waals surface area contributed by atoms with Gasteiger partial charge in [0.25, 0.3) is 0 Å². The molecule has 0 aliphatic rings. The fraction of sp³-hybridized carbons (Fsp3) is 0. The SMILES string of the molecule is NS(=O)(=O)c1cc(S(N)(=O)=O)c2ccc3cccc4ccc1c2c43. The lowest BCUT2D eigenvalue weighted by Gasteiger charge is -2.15. The summed E-state index contributed by atoms with van der Waals surface area (Å²) in [4.78, 5) is -0.505. The van der Waals surface area contributed by atoms with Crippen LogP contribution < -0.4 is 10.3 Å². The van der Waals surface area contributed by atoms with Crippen LogP contribution in [-0.2, 0) is 20.0 Å². The second-order valence-corrected chi connectivity index (χ2v) is 8.70. The first-order chi connectivity index (χ1) is 11.2. The van der Waals surface area contributed by atoms with Crippen molar-refractivity contribution in [1.29, 1.82) is 0 Å². The van der Waals surface area contributed by atoms with Crippen molar-refractivity contribution in [2.75, 3.05) is 0 Å². The van der Waals surface area contributed by atoms with Crippen molar-refractivity contribution >= 4 is 52.4 Å². The minimum Gasteiger partial charge on any atom is -0.225 e. The minimum absolute atomic E-state index is 0.253. The van der Waals surface area contributed by atoms with E-state index in [9.17, 15) is 16.8 Å². The van der Waals surface area contributed by atoms with Gasteiger partial charge in [-0.1, -0.05) is 42.5 Å². The molecule has 0 aromatic heterocycles. The zero-order chi connectivity index (χ0) is 17.3. The van der Waals surface area contributed by atoms with Gasteiger partial charge in [0.05, 0.1) is 9.79 Å². The minimum atomic E-state index is -4.13. The highest BCUT2D eigenvalue weighted by molar-refractivity contribution is 7.90. The molecule has 0 amide bonds. The van der Waals surface area contributed by atoms with Crippen LogP contribution >= 0.6 is 0 Å². The molecule has 0 bridgehead atoms. The Hall–Kier alpha value is -2.26. The standard InChI is InChI=1S/C16H12N2O4S2/c17-23(19,20)13-8-14(24(18,21)22)12-7-5-10-3-1-2-9-4-6-11(13)16(12)15(9)10/h1-8H,(H2,17,19,20)(H2,18,21,22). The van der Waals surface area contributed by atoms with E-state index in [0.29, 0.717) is 16.2 Å². The highest BCUT2D eigenvalue weighted by Gasteiger charge is 2.23. The van der Waals surface area contributed by atoms with Crippen LogP contribution in [-0.4, -0.2) is 16.8 Å². The molecule has 0 spiro atoms. The Kier molecular flexibility index (Phi) is 2.95. The molecule has 0 saturated carbocycles. The molecule has 4 aromatic rings. The summed E-state index contributed by atoms with van der Waals surface area (Å²) in [5.74, 6) is 0. The molecule has 8 heteroatoms. The van der Waals surface area contributed by atoms with Crippen LogP contribution in [0.2, 0.25) is 0 Å². The Labute approximate surface area is 138 Å². The van der Waals surface area contributed by atoms with Crippen LogP contribution in [0.25, 0.3) is 32.3 Å². The van der Waals surface area contributed by atoms with Gasteiger partial charge in [-0.25, -0.2) is 27.1 Å². The van der Waals surface area contributed by atoms with Crippen molar-refractivity contribution in [1.82, 2.24) is 0 Å². The molecule has 0 aliphatic heterocycles. The second-order valence-electron chi connectivity index (χ2n) is 5.64. The van der Waals surface area contributed by atoms with E-state index in [1.54, 1.807) is 24.3 Å². The van der Waals surface area contributed by atoms with Crippen LogP contribution in [0.5, 0.6) is 0 Å². The van der Waals surface area contributed by atoms with Crippen LogP contribution in [0.15, 0.2) is 58.3 Å². The molecule has 0 fully saturated rings. The van der Waals surface area contributed by atoms with Crippen molar-refractivity contribution in [3.63, 3.8) is 0 Å². The highest BCUT2D eigenvalue weighted by atomic mass is 32.2. The van der Waals surface area contributed by atoms with Crippen molar-refractivity contribution in [3.05, 3.63) is 48.5 Å². The Morgan fingerprint density at radius 3 is 1.50 bits per heavy atom. The van der Waals surface area contributed by atoms with E-state index >= 15 is 0 Å². The molecule has 4 rings (SSSR count). The van der Waals surface area contributed by atoms with Crippen LogP contribution in [0.4, 0.5) is 0 Å². The quantitative estimate of drug-likeness (QED) is 0.530. The molecule has 122 valence electrons. The Morgan fingerprint density at radius 1 is 0.625 bits per heavy atom. The lowest BCUT2D eigenvalue weighted by molar-refractivity contribution is 0.597. The van der Waals surface area contributed by atoms with Gasteiger partial charge in [0, 0.05) is 16.2 Å². The van der Waals surface area contributed by atoms with Gasteiger partial charge in [0.2, 0.25) is 20.0 Å². The van der Waals surface area contributed by atoms with Gasteiger partial charge in [-0.3, -0.25) is 0 Å². The first kappa shape index (κ1) is 15.3. The molecule has 6 nitrogen and oxygen atoms in total. The number of sulfonamides is 2. The first-order valence-corrected chi connectivity index (χ1v) is 10.0. The molecular formula is C16H12N2O4S2. The smallest absolute Gasteiger partial charge is 0.225 e. The molecule has 24 heavy (non-hydrogen) atoms. The van der Waals surface area contributed by atoms with E-state index in [2.05, 4.69) is 0 Å². The summed E-state index contributed by atoms with van der Waals surface area (Å²) in [6, 6.07) is 13.5. The summed E-state index contributed by atoms with van der Waals surface area (Å²) in [5.41, 5.74) is 0. The fourth-order valence-corrected chi connectivity index (χ4v) is 4.83. The van der Waals surface area contributed by atoms with Gasteiger partial charge in [0.15, 0.2) is 0 Å². The van der Waals surface area contributed by atoms with E-state index < -0.39 is 20.0 Å². The second kappa shape index (κ2) is 4.64. The van der Waals surface area contributed by atoms with Crippen LogP contribution in [0.3, 0.4) is 0 Å². The number of hydrogen-bond acceptors (Lipinski definition) is 4. The van der Waals surface area contributed by atoms with Gasteiger partial charge in [0.1, 0.15) is 0 Å². The number of hydrogen-bond donors (Lipinski definition) is 2. The van der Waals surface area contributed by atoms with Gasteiger partial charge in [-0.15, -0.1) is 0 Å². The number of nitrogens with two attached hydrogens (primary N) is 2. The van der Waals surface area contributed by atoms with Gasteiger partial charge in [-0.2, -0.15) is 0 Å². The topological polar surface area (TPSA) is 120 Å². The maximum Gasteiger partial charge on any atom is 0.238 e. The number of rotatable bonds is 2. The van der Waals surface area contributed by atoms with E-state index in [4.69, 9.17) is 10.3 Å². The van der Waals surface area contributed by atoms with E-state index in [0.717, 1.165) is 22.2 Å². The maximum absolute atomic E-state index is 12.0. The monoisotopic (exact) mass is 360 g/mol. The third-order valence-electron chi connectivity index (χ3n) is 4.18. The zero-order valence-electron chi connectivity index (χ0n) is 12.2. The summed E-state index contributed by atoms with van der Waals surface area (Å²) in [6.07, 6.45) is 0. The zero-order valence-corrected chi connectivity index (χ0v) is 13.9. The van der Waals surface area contributed by atoms with Crippen LogP contribution in [0, 0.1) is 0 Å². The molecule has 0 unspecified atom stereocenters. The predicted octanol–water partition coefficient (Wildman–Crippen LogP) is 1.88. The molecule has 4 aromatic carbocycles. The average molecular weight is 360 g/mol. The molecule has 0 radical (unpaired) electrons. The Morgan fingerprint density at radius 2 is 1.08 bits per heavy atom. The maximum atomic E-state index is 12.0. The molecule has 4 N–H and O–H groups in total. The van der Waals surface area contributed by atoms with Crippen molar-refractivity contribution < 1.29 is 16.8 Å². The lowest BCUT2D eigenvalue weighted by Crippen LogP contribution is -2.17. The molecule has 0 aliphatic carbocycles. The summed E-state index contributed by atoms with van der Waals surface area (Å²) in [7, 11) is -8.26. The molecule has 0 saturated heterocycles. The van der Waals surface area contributed by atoms with E-state index in [1.165, 1.54) is 0 Å². The highest BCUT2D eigenvalue weighted by Crippen LogP contribution is 2.39. The van der Waals surface area contributed by atoms with Gasteiger partial charge < -0.3 is 0 Å². The third-order valence-corrected chi connectivity index (χ3v) is 6.08. The summed E-state index contributed by atoms with van der Waals surface area (Å²) < 4.78 is 48.0. The average Bonchev–Trinajstić information content (AvgIpc) is 2.50. The summed E-state index contributed by atoms with van der Waals surface area (Å²) in [5, 5.41) is 14.4. The number of benzene rings is 4. The Balaban J connectivity index is 2.44. The van der Waals surface area contributed by atoms with E-state index in [1.807, 2.05) is 18.2 Å². The predicted molar refractivity (Wildman–Crippen MR) is 92.9 cm³/mol. The van der Waals surface area contributed by atoms with Crippen LogP contribution in [0.1, 0.15) is 0 Å². The van der Waals surface area contributed by atoms with Crippen molar-refractivity contribution in [2.24, 2.45) is 10.3 Å². The largest absolute Gasteiger partial charge is 0.238 e. The number of primary sulfonamides is 2. The fourth-order valence-electron chi connectivity index (χ4n) is 3.24. The lowest BCUT2D eigenvalue weighted by atomic mass is 9.94. The van der Waals surface area contributed by atoms with Crippen molar-refractivity contribution in [3.8, 4) is 0 Å². The summed E-state index contributed by atoms with van der Waals surface area (Å²) in [6.45, 7) is 0. The molecule has 0 atom stereocenters. The normalized spacial score (nSPS) is 13.2. The summed E-state index contributed by atoms with van der Waals surface area (Å²) >= 11 is 0. The third kappa shape index (κ3) is 2.08. The van der Waals surface area contributed by atoms with Gasteiger partial charge >= 0.3 is 0 Å². The molecular weight excluding hydrogens is 348 g/mol. The van der Waals surface area contributed by atoms with Gasteiger partial charge in [-0.05, 0) is 22.2 Å². The Bertz CT molecular complexity index is 1250. The van der Waals surface area contributed by atoms with E-state index in [-0.39, 0.29) is 9.79 Å². The molecule has 0 heterocycles. The first-order valence-electron chi connectivity index (χ1n) is 6.94. The van der Waals surface area contributed by atoms with Crippen molar-refractivity contribution in [2.45, 2.75) is 9.79 Å².